The van der Waals surface area contributed by atoms with Crippen molar-refractivity contribution in [2.75, 3.05) is 6.54 Å². The van der Waals surface area contributed by atoms with Gasteiger partial charge in [-0.25, -0.2) is 0 Å². The van der Waals surface area contributed by atoms with Crippen molar-refractivity contribution in [2.45, 2.75) is 25.4 Å². The molecule has 0 N–H and O–H groups in total. The molecule has 3 heteroatoms. The number of likely N-dealkylation sites (tertiary alicyclic amines) is 1. The van der Waals surface area contributed by atoms with E-state index in [0.29, 0.717) is 6.04 Å². The first-order chi connectivity index (χ1) is 7.40. The summed E-state index contributed by atoms with van der Waals surface area (Å²) in [6.07, 6.45) is 3.91. The van der Waals surface area contributed by atoms with Crippen LogP contribution in [0.2, 0.25) is 0 Å². The molecule has 1 heterocycles. The van der Waals surface area contributed by atoms with E-state index in [-0.39, 0.29) is 0 Å². The van der Waals surface area contributed by atoms with Gasteiger partial charge in [-0.15, -0.1) is 0 Å². The largest absolute Gasteiger partial charge is 0.362 e. The van der Waals surface area contributed by atoms with Gasteiger partial charge in [-0.2, -0.15) is 4.79 Å². The monoisotopic (exact) mass is 201 g/mol. The Hall–Kier alpha value is -1.44. The highest BCUT2D eigenvalue weighted by atomic mass is 15.2. The predicted molar refractivity (Wildman–Crippen MR) is 59.6 cm³/mol. The molecule has 0 spiro atoms. The van der Waals surface area contributed by atoms with Crippen LogP contribution in [0.4, 0.5) is 0 Å². The predicted octanol–water partition coefficient (Wildman–Crippen LogP) is 1.95. The molecule has 0 aliphatic carbocycles. The van der Waals surface area contributed by atoms with E-state index in [4.69, 9.17) is 5.53 Å². The van der Waals surface area contributed by atoms with Crippen molar-refractivity contribution >= 4 is 6.21 Å². The van der Waals surface area contributed by atoms with Crippen LogP contribution in [0.25, 0.3) is 5.53 Å². The zero-order valence-electron chi connectivity index (χ0n) is 8.71. The Morgan fingerprint density at radius 1 is 1.40 bits per heavy atom. The summed E-state index contributed by atoms with van der Waals surface area (Å²) >= 11 is 0. The average Bonchev–Trinajstić information content (AvgIpc) is 2.68. The Morgan fingerprint density at radius 2 is 2.20 bits per heavy atom. The summed E-state index contributed by atoms with van der Waals surface area (Å²) < 4.78 is 0. The number of hydrogen-bond acceptors (Lipinski definition) is 1. The minimum atomic E-state index is 0.301. The number of benzene rings is 1. The van der Waals surface area contributed by atoms with E-state index in [9.17, 15) is 0 Å². The normalized spacial score (nSPS) is 21.2. The van der Waals surface area contributed by atoms with Crippen molar-refractivity contribution < 1.29 is 4.79 Å². The lowest BCUT2D eigenvalue weighted by molar-refractivity contribution is -0.00501. The zero-order valence-corrected chi connectivity index (χ0v) is 8.71. The van der Waals surface area contributed by atoms with E-state index in [0.717, 1.165) is 19.5 Å². The molecule has 78 valence electrons. The molecule has 0 radical (unpaired) electrons. The van der Waals surface area contributed by atoms with Crippen molar-refractivity contribution in [1.29, 1.82) is 0 Å². The molecule has 1 aliphatic rings. The molecule has 1 saturated heterocycles. The van der Waals surface area contributed by atoms with Crippen molar-refractivity contribution in [1.82, 2.24) is 4.90 Å². The Balaban J connectivity index is 2.02. The molecule has 1 aromatic carbocycles. The second kappa shape index (κ2) is 4.87. The SMILES string of the molecule is [N-]=[N+]=C[C@@H]1CCCN1Cc1ccccc1. The van der Waals surface area contributed by atoms with Gasteiger partial charge in [-0.1, -0.05) is 30.3 Å². The summed E-state index contributed by atoms with van der Waals surface area (Å²) in [6, 6.07) is 10.7. The minimum Gasteiger partial charge on any atom is -0.362 e. The highest BCUT2D eigenvalue weighted by molar-refractivity contribution is 5.58. The van der Waals surface area contributed by atoms with Gasteiger partial charge in [-0.3, -0.25) is 4.90 Å². The van der Waals surface area contributed by atoms with Crippen molar-refractivity contribution in [3.63, 3.8) is 0 Å². The average molecular weight is 201 g/mol. The van der Waals surface area contributed by atoms with Crippen LogP contribution in [0, 0.1) is 0 Å². The molecule has 0 saturated carbocycles. The molecular formula is C12H15N3. The second-order valence-corrected chi connectivity index (χ2v) is 3.93. The molecule has 3 nitrogen and oxygen atoms in total. The lowest BCUT2D eigenvalue weighted by Gasteiger charge is -2.18. The number of nitrogens with zero attached hydrogens (tertiary/aromatic N) is 3. The third-order valence-electron chi connectivity index (χ3n) is 2.88. The van der Waals surface area contributed by atoms with E-state index < -0.39 is 0 Å². The molecule has 2 rings (SSSR count). The molecule has 15 heavy (non-hydrogen) atoms. The lowest BCUT2D eigenvalue weighted by atomic mass is 10.2. The van der Waals surface area contributed by atoms with Gasteiger partial charge in [0.05, 0.1) is 0 Å². The van der Waals surface area contributed by atoms with Crippen LogP contribution in [0.3, 0.4) is 0 Å². The Bertz CT molecular complexity index is 354. The Kier molecular flexibility index (Phi) is 3.28. The number of rotatable bonds is 3. The van der Waals surface area contributed by atoms with Crippen molar-refractivity contribution in [3.05, 3.63) is 41.4 Å². The quantitative estimate of drug-likeness (QED) is 0.418. The third kappa shape index (κ3) is 2.52. The first kappa shape index (κ1) is 10.1. The fraction of sp³-hybridized carbons (Fsp3) is 0.417. The van der Waals surface area contributed by atoms with E-state index in [1.807, 2.05) is 6.07 Å². The van der Waals surface area contributed by atoms with E-state index in [1.54, 1.807) is 6.21 Å². The van der Waals surface area contributed by atoms with Gasteiger partial charge in [0.2, 0.25) is 0 Å². The minimum absolute atomic E-state index is 0.301. The van der Waals surface area contributed by atoms with E-state index >= 15 is 0 Å². The molecule has 1 aliphatic heterocycles. The molecule has 0 unspecified atom stereocenters. The second-order valence-electron chi connectivity index (χ2n) is 3.93. The fourth-order valence-electron chi connectivity index (χ4n) is 2.11. The zero-order chi connectivity index (χ0) is 10.5. The first-order valence-corrected chi connectivity index (χ1v) is 5.35. The third-order valence-corrected chi connectivity index (χ3v) is 2.88. The van der Waals surface area contributed by atoms with Crippen LogP contribution in [-0.4, -0.2) is 28.5 Å². The standard InChI is InChI=1S/C12H15N3/c13-14-9-12-7-4-8-15(12)10-11-5-2-1-3-6-11/h1-3,5-6,9,12H,4,7-8,10H2/t12-/m0/s1. The van der Waals surface area contributed by atoms with E-state index in [1.165, 1.54) is 12.0 Å². The molecular weight excluding hydrogens is 186 g/mol. The smallest absolute Gasteiger partial charge is 0.274 e. The van der Waals surface area contributed by atoms with Crippen LogP contribution in [-0.2, 0) is 6.54 Å². The number of hydrogen-bond donors (Lipinski definition) is 0. The van der Waals surface area contributed by atoms with E-state index in [2.05, 4.69) is 34.0 Å². The van der Waals surface area contributed by atoms with Crippen molar-refractivity contribution in [2.24, 2.45) is 0 Å². The molecule has 0 bridgehead atoms. The summed E-state index contributed by atoms with van der Waals surface area (Å²) in [4.78, 5) is 5.49. The van der Waals surface area contributed by atoms with Crippen LogP contribution >= 0.6 is 0 Å². The summed E-state index contributed by atoms with van der Waals surface area (Å²) in [7, 11) is 0. The first-order valence-electron chi connectivity index (χ1n) is 5.35. The summed E-state index contributed by atoms with van der Waals surface area (Å²) in [5.74, 6) is 0. The molecule has 1 fully saturated rings. The van der Waals surface area contributed by atoms with Crippen LogP contribution in [0.1, 0.15) is 18.4 Å². The van der Waals surface area contributed by atoms with Crippen LogP contribution in [0.5, 0.6) is 0 Å². The maximum Gasteiger partial charge on any atom is 0.274 e. The van der Waals surface area contributed by atoms with Gasteiger partial charge >= 0.3 is 0 Å². The highest BCUT2D eigenvalue weighted by Crippen LogP contribution is 2.18. The topological polar surface area (TPSA) is 39.6 Å². The molecule has 1 aromatic rings. The highest BCUT2D eigenvalue weighted by Gasteiger charge is 2.25. The van der Waals surface area contributed by atoms with Gasteiger partial charge < -0.3 is 5.53 Å². The van der Waals surface area contributed by atoms with Gasteiger partial charge in [0.15, 0.2) is 0 Å². The Morgan fingerprint density at radius 3 is 2.93 bits per heavy atom. The van der Waals surface area contributed by atoms with Gasteiger partial charge in [-0.05, 0) is 24.9 Å². The summed E-state index contributed by atoms with van der Waals surface area (Å²) in [6.45, 7) is 2.03. The Labute approximate surface area is 90.0 Å². The summed E-state index contributed by atoms with van der Waals surface area (Å²) in [5, 5.41) is 0. The molecule has 0 aromatic heterocycles. The lowest BCUT2D eigenvalue weighted by Crippen LogP contribution is -2.30. The van der Waals surface area contributed by atoms with Crippen LogP contribution in [0.15, 0.2) is 30.3 Å². The van der Waals surface area contributed by atoms with Gasteiger partial charge in [0.1, 0.15) is 6.04 Å². The fourth-order valence-corrected chi connectivity index (χ4v) is 2.11. The maximum absolute atomic E-state index is 8.55. The summed E-state index contributed by atoms with van der Waals surface area (Å²) in [5.41, 5.74) is 9.87. The molecule has 1 atom stereocenters. The van der Waals surface area contributed by atoms with Gasteiger partial charge in [0.25, 0.3) is 6.21 Å². The van der Waals surface area contributed by atoms with Crippen LogP contribution < -0.4 is 0 Å². The van der Waals surface area contributed by atoms with Crippen molar-refractivity contribution in [3.8, 4) is 0 Å². The molecule has 0 amide bonds. The van der Waals surface area contributed by atoms with Gasteiger partial charge in [0, 0.05) is 6.54 Å². The maximum atomic E-state index is 8.55.